The van der Waals surface area contributed by atoms with Gasteiger partial charge in [-0.2, -0.15) is 4.89 Å². The fourth-order valence-corrected chi connectivity index (χ4v) is 2.03. The van der Waals surface area contributed by atoms with Crippen molar-refractivity contribution in [2.75, 3.05) is 6.61 Å². The van der Waals surface area contributed by atoms with Crippen molar-refractivity contribution in [3.8, 4) is 5.75 Å². The molecular formula is C16H25NO4. The van der Waals surface area contributed by atoms with E-state index >= 15 is 0 Å². The van der Waals surface area contributed by atoms with Crippen LogP contribution in [0.1, 0.15) is 58.3 Å². The van der Waals surface area contributed by atoms with Crippen LogP contribution in [0, 0.1) is 10.1 Å². The van der Waals surface area contributed by atoms with Crippen molar-refractivity contribution in [3.63, 3.8) is 0 Å². The Morgan fingerprint density at radius 2 is 1.52 bits per heavy atom. The number of benzene rings is 1. The van der Waals surface area contributed by atoms with Crippen LogP contribution < -0.4 is 4.89 Å². The van der Waals surface area contributed by atoms with E-state index in [2.05, 4.69) is 6.92 Å². The maximum absolute atomic E-state index is 10.5. The largest absolute Gasteiger partial charge is 0.338 e. The molecule has 0 aromatic heterocycles. The van der Waals surface area contributed by atoms with Crippen LogP contribution in [0.25, 0.3) is 0 Å². The molecule has 1 rings (SSSR count). The molecule has 0 atom stereocenters. The van der Waals surface area contributed by atoms with Crippen molar-refractivity contribution in [2.45, 2.75) is 58.3 Å². The summed E-state index contributed by atoms with van der Waals surface area (Å²) in [5.41, 5.74) is 0.0467. The molecule has 0 bridgehead atoms. The van der Waals surface area contributed by atoms with E-state index in [9.17, 15) is 10.1 Å². The van der Waals surface area contributed by atoms with E-state index in [1.165, 1.54) is 62.8 Å². The van der Waals surface area contributed by atoms with Gasteiger partial charge in [0.2, 0.25) is 0 Å². The van der Waals surface area contributed by atoms with Gasteiger partial charge in [-0.15, -0.1) is 0 Å². The number of nitro benzene ring substituents is 1. The molecule has 0 N–H and O–H groups in total. The predicted molar refractivity (Wildman–Crippen MR) is 82.3 cm³/mol. The Kier molecular flexibility index (Phi) is 9.20. The SMILES string of the molecule is CCCCCCCCCCOOc1ccc([N+](=O)[O-])cc1. The first-order valence-electron chi connectivity index (χ1n) is 7.78. The van der Waals surface area contributed by atoms with E-state index in [0.29, 0.717) is 12.4 Å². The summed E-state index contributed by atoms with van der Waals surface area (Å²) < 4.78 is 0. The zero-order valence-electron chi connectivity index (χ0n) is 12.8. The van der Waals surface area contributed by atoms with Gasteiger partial charge in [0.05, 0.1) is 11.5 Å². The van der Waals surface area contributed by atoms with E-state index in [4.69, 9.17) is 9.78 Å². The van der Waals surface area contributed by atoms with Crippen LogP contribution in [-0.4, -0.2) is 11.5 Å². The summed E-state index contributed by atoms with van der Waals surface area (Å²) in [7, 11) is 0. The lowest BCUT2D eigenvalue weighted by Gasteiger charge is -2.05. The minimum atomic E-state index is -0.439. The molecule has 0 saturated carbocycles. The van der Waals surface area contributed by atoms with Crippen LogP contribution in [0.3, 0.4) is 0 Å². The second-order valence-electron chi connectivity index (χ2n) is 5.13. The summed E-state index contributed by atoms with van der Waals surface area (Å²) in [4.78, 5) is 20.2. The normalized spacial score (nSPS) is 10.5. The zero-order valence-corrected chi connectivity index (χ0v) is 12.8. The first-order chi connectivity index (χ1) is 10.2. The molecule has 0 unspecified atom stereocenters. The van der Waals surface area contributed by atoms with Gasteiger partial charge in [-0.05, 0) is 18.6 Å². The van der Waals surface area contributed by atoms with Crippen molar-refractivity contribution >= 4 is 5.69 Å². The predicted octanol–water partition coefficient (Wildman–Crippen LogP) is 5.05. The van der Waals surface area contributed by atoms with Crippen LogP contribution in [-0.2, 0) is 4.89 Å². The smallest absolute Gasteiger partial charge is 0.269 e. The molecule has 1 aromatic rings. The summed E-state index contributed by atoms with van der Waals surface area (Å²) in [5.74, 6) is 0.486. The molecule has 0 aliphatic heterocycles. The third-order valence-electron chi connectivity index (χ3n) is 3.28. The van der Waals surface area contributed by atoms with Crippen LogP contribution in [0.2, 0.25) is 0 Å². The van der Waals surface area contributed by atoms with Gasteiger partial charge in [0.1, 0.15) is 0 Å². The lowest BCUT2D eigenvalue weighted by Crippen LogP contribution is -1.99. The summed E-state index contributed by atoms with van der Waals surface area (Å²) in [6.45, 7) is 2.77. The van der Waals surface area contributed by atoms with Gasteiger partial charge in [0.15, 0.2) is 5.75 Å². The molecule has 0 radical (unpaired) electrons. The van der Waals surface area contributed by atoms with Crippen molar-refractivity contribution in [3.05, 3.63) is 34.4 Å². The Labute approximate surface area is 126 Å². The average Bonchev–Trinajstić information content (AvgIpc) is 2.49. The molecule has 5 heteroatoms. The first-order valence-corrected chi connectivity index (χ1v) is 7.78. The van der Waals surface area contributed by atoms with E-state index in [0.717, 1.165) is 12.8 Å². The Morgan fingerprint density at radius 3 is 2.10 bits per heavy atom. The van der Waals surface area contributed by atoms with Gasteiger partial charge in [-0.3, -0.25) is 10.1 Å². The first kappa shape index (κ1) is 17.4. The van der Waals surface area contributed by atoms with E-state index in [1.807, 2.05) is 0 Å². The maximum Gasteiger partial charge on any atom is 0.269 e. The van der Waals surface area contributed by atoms with Gasteiger partial charge < -0.3 is 4.89 Å². The van der Waals surface area contributed by atoms with Crippen LogP contribution >= 0.6 is 0 Å². The molecule has 0 spiro atoms. The lowest BCUT2D eigenvalue weighted by atomic mass is 10.1. The van der Waals surface area contributed by atoms with Gasteiger partial charge in [0, 0.05) is 12.1 Å². The minimum absolute atomic E-state index is 0.0467. The highest BCUT2D eigenvalue weighted by Gasteiger charge is 2.04. The van der Waals surface area contributed by atoms with Gasteiger partial charge in [-0.25, -0.2) is 0 Å². The topological polar surface area (TPSA) is 61.6 Å². The quantitative estimate of drug-likeness (QED) is 0.234. The maximum atomic E-state index is 10.5. The summed E-state index contributed by atoms with van der Waals surface area (Å²) in [6, 6.07) is 5.86. The number of nitro groups is 1. The lowest BCUT2D eigenvalue weighted by molar-refractivity contribution is -0.384. The highest BCUT2D eigenvalue weighted by atomic mass is 17.2. The number of hydrogen-bond donors (Lipinski definition) is 0. The van der Waals surface area contributed by atoms with E-state index in [-0.39, 0.29) is 5.69 Å². The number of non-ortho nitro benzene ring substituents is 1. The number of hydrogen-bond acceptors (Lipinski definition) is 4. The summed E-state index contributed by atoms with van der Waals surface area (Å²) in [5, 5.41) is 10.5. The van der Waals surface area contributed by atoms with Gasteiger partial charge >= 0.3 is 0 Å². The molecule has 0 aliphatic carbocycles. The fraction of sp³-hybridized carbons (Fsp3) is 0.625. The number of nitrogens with zero attached hydrogens (tertiary/aromatic N) is 1. The Hall–Kier alpha value is -1.62. The third kappa shape index (κ3) is 8.30. The number of unbranched alkanes of at least 4 members (excludes halogenated alkanes) is 7. The zero-order chi connectivity index (χ0) is 15.3. The molecule has 21 heavy (non-hydrogen) atoms. The monoisotopic (exact) mass is 295 g/mol. The standard InChI is InChI=1S/C16H25NO4/c1-2-3-4-5-6-7-8-9-14-20-21-16-12-10-15(11-13-16)17(18)19/h10-13H,2-9,14H2,1H3. The van der Waals surface area contributed by atoms with Gasteiger partial charge in [-0.1, -0.05) is 51.9 Å². The molecule has 0 heterocycles. The molecule has 118 valence electrons. The molecule has 0 amide bonds. The second kappa shape index (κ2) is 11.1. The summed E-state index contributed by atoms with van der Waals surface area (Å²) in [6.07, 6.45) is 9.95. The average molecular weight is 295 g/mol. The molecule has 0 fully saturated rings. The van der Waals surface area contributed by atoms with Crippen molar-refractivity contribution in [1.29, 1.82) is 0 Å². The number of rotatable bonds is 12. The molecular weight excluding hydrogens is 270 g/mol. The van der Waals surface area contributed by atoms with E-state index < -0.39 is 4.92 Å². The second-order valence-corrected chi connectivity index (χ2v) is 5.13. The van der Waals surface area contributed by atoms with Crippen molar-refractivity contribution in [2.24, 2.45) is 0 Å². The van der Waals surface area contributed by atoms with Crippen LogP contribution in [0.4, 0.5) is 5.69 Å². The molecule has 0 aliphatic rings. The van der Waals surface area contributed by atoms with E-state index in [1.54, 1.807) is 0 Å². The molecule has 1 aromatic carbocycles. The van der Waals surface area contributed by atoms with Crippen molar-refractivity contribution in [1.82, 2.24) is 0 Å². The molecule has 5 nitrogen and oxygen atoms in total. The molecule has 0 saturated heterocycles. The Morgan fingerprint density at radius 1 is 0.952 bits per heavy atom. The Balaban J connectivity index is 1.98. The minimum Gasteiger partial charge on any atom is -0.338 e. The fourth-order valence-electron chi connectivity index (χ4n) is 2.03. The highest BCUT2D eigenvalue weighted by molar-refractivity contribution is 5.35. The Bertz CT molecular complexity index is 392. The van der Waals surface area contributed by atoms with Crippen LogP contribution in [0.5, 0.6) is 5.75 Å². The third-order valence-corrected chi connectivity index (χ3v) is 3.28. The van der Waals surface area contributed by atoms with Crippen molar-refractivity contribution < 1.29 is 14.7 Å². The highest BCUT2D eigenvalue weighted by Crippen LogP contribution is 2.17. The van der Waals surface area contributed by atoms with Gasteiger partial charge in [0.25, 0.3) is 5.69 Å². The summed E-state index contributed by atoms with van der Waals surface area (Å²) >= 11 is 0. The van der Waals surface area contributed by atoms with Crippen LogP contribution in [0.15, 0.2) is 24.3 Å².